The lowest BCUT2D eigenvalue weighted by molar-refractivity contribution is -0.521. The summed E-state index contributed by atoms with van der Waals surface area (Å²) < 4.78 is 54.0. The van der Waals surface area contributed by atoms with E-state index in [1.54, 1.807) is 58.5 Å². The number of carboxylic acid groups (broad SMARTS) is 2. The van der Waals surface area contributed by atoms with E-state index in [0.29, 0.717) is 32.6 Å². The molecule has 2 saturated heterocycles. The molecule has 708 valence electrons. The number of hydrogen-bond acceptors (Lipinski definition) is 12. The Balaban J connectivity index is -0.0000000612. The van der Waals surface area contributed by atoms with E-state index < -0.39 is 32.0 Å². The summed E-state index contributed by atoms with van der Waals surface area (Å²) in [7, 11) is -4.54. The van der Waals surface area contributed by atoms with Gasteiger partial charge in [-0.1, -0.05) is 361 Å². The maximum atomic E-state index is 11.1. The zero-order valence-corrected chi connectivity index (χ0v) is 88.1. The Morgan fingerprint density at radius 1 is 0.385 bits per heavy atom. The Morgan fingerprint density at radius 2 is 0.658 bits per heavy atom. The molecule has 0 radical (unpaired) electrons. The van der Waals surface area contributed by atoms with Crippen molar-refractivity contribution in [3.05, 3.63) is 118 Å². The maximum absolute atomic E-state index is 11.1. The van der Waals surface area contributed by atoms with Gasteiger partial charge in [-0.2, -0.15) is 8.61 Å². The molecule has 117 heavy (non-hydrogen) atoms. The van der Waals surface area contributed by atoms with Crippen LogP contribution in [0, 0.1) is 0 Å². The van der Waals surface area contributed by atoms with E-state index in [2.05, 4.69) is 136 Å². The summed E-state index contributed by atoms with van der Waals surface area (Å²) in [5.74, 6) is -1.65. The average Bonchev–Trinajstić information content (AvgIpc) is 1.75. The SMILES string of the molecule is CC.CC.CC.CC.CC.CC.CC.CC.CC.CC.CC.CC.CC.CC.CC.CC.CC.CCC(=O)O.CCC(=O)O.CCC(=O)OC.CCC1=CCN(S(C)(=O)=O)CC1.CCN1CCN(S(C)(=O)=O)CC1.CCN1CCNCC1.CC[N+]1=CCNCC1.c1ccc2c(c1)CCC2.c1ccc2c(c1)CCC2.c1ccc2c(c1)CCC2. The first kappa shape index (κ1) is 153. The fourth-order valence-corrected chi connectivity index (χ4v) is 10.9. The van der Waals surface area contributed by atoms with E-state index in [-0.39, 0.29) is 18.8 Å². The highest BCUT2D eigenvalue weighted by Crippen LogP contribution is 2.22. The molecule has 19 heteroatoms. The van der Waals surface area contributed by atoms with Crippen LogP contribution in [-0.4, -0.2) is 198 Å². The number of fused-ring (bicyclic) bond motifs is 3. The van der Waals surface area contributed by atoms with Crippen LogP contribution in [0.2, 0.25) is 0 Å². The molecule has 4 aliphatic heterocycles. The van der Waals surface area contributed by atoms with Crippen molar-refractivity contribution in [1.82, 2.24) is 29.0 Å². The van der Waals surface area contributed by atoms with Crippen LogP contribution in [-0.2, 0) is 77.7 Å². The number of aryl methyl sites for hydroxylation is 6. The normalized spacial score (nSPS) is 13.0. The number of hydrogen-bond donors (Lipinski definition) is 4. The van der Waals surface area contributed by atoms with Gasteiger partial charge in [0, 0.05) is 84.7 Å². The van der Waals surface area contributed by atoms with Crippen molar-refractivity contribution >= 4 is 44.2 Å². The summed E-state index contributed by atoms with van der Waals surface area (Å²) in [6.07, 6.45) is 21.5. The Hall–Kier alpha value is -4.86. The van der Waals surface area contributed by atoms with Crippen LogP contribution in [0.1, 0.15) is 369 Å². The topological polar surface area (TPSA) is 209 Å². The lowest BCUT2D eigenvalue weighted by Gasteiger charge is -2.32. The first-order valence-corrected chi connectivity index (χ1v) is 51.1. The summed E-state index contributed by atoms with van der Waals surface area (Å²) >= 11 is 0. The van der Waals surface area contributed by atoms with Crippen LogP contribution in [0.4, 0.5) is 0 Å². The number of rotatable bonds is 9. The molecule has 0 atom stereocenters. The maximum Gasteiger partial charge on any atom is 0.305 e. The van der Waals surface area contributed by atoms with Crippen molar-refractivity contribution in [2.75, 3.05) is 124 Å². The monoisotopic (exact) mass is 1710 g/mol. The molecule has 0 aromatic heterocycles. The highest BCUT2D eigenvalue weighted by molar-refractivity contribution is 7.88. The molecule has 0 amide bonds. The van der Waals surface area contributed by atoms with Crippen molar-refractivity contribution in [2.24, 2.45) is 0 Å². The van der Waals surface area contributed by atoms with E-state index in [1.807, 2.05) is 241 Å². The lowest BCUT2D eigenvalue weighted by Crippen LogP contribution is -2.48. The molecule has 2 fully saturated rings. The Labute approximate surface area is 735 Å². The number of carboxylic acids is 2. The summed E-state index contributed by atoms with van der Waals surface area (Å²) in [5.41, 5.74) is 10.8. The van der Waals surface area contributed by atoms with E-state index in [4.69, 9.17) is 10.2 Å². The number of nitrogens with one attached hydrogen (secondary N) is 2. The second kappa shape index (κ2) is 137. The van der Waals surface area contributed by atoms with Gasteiger partial charge in [-0.3, -0.25) is 14.4 Å². The van der Waals surface area contributed by atoms with Crippen LogP contribution >= 0.6 is 0 Å². The molecule has 7 aliphatic rings. The molecule has 3 aromatic rings. The molecule has 0 bridgehead atoms. The average molecular weight is 1710 g/mol. The predicted molar refractivity (Wildman–Crippen MR) is 534 cm³/mol. The number of methoxy groups -OCH3 is 1. The van der Waals surface area contributed by atoms with Crippen molar-refractivity contribution in [3.8, 4) is 0 Å². The molecule has 0 spiro atoms. The number of carbonyl (C=O) groups is 3. The largest absolute Gasteiger partial charge is 0.481 e. The zero-order chi connectivity index (χ0) is 95.9. The van der Waals surface area contributed by atoms with Crippen molar-refractivity contribution in [2.45, 2.75) is 374 Å². The molecule has 3 aliphatic carbocycles. The molecule has 4 N–H and O–H groups in total. The molecule has 3 aromatic carbocycles. The third kappa shape index (κ3) is 109. The number of likely N-dealkylation sites (N-methyl/N-ethyl adjacent to an activating group) is 3. The number of ether oxygens (including phenoxy) is 1. The number of benzene rings is 3. The minimum atomic E-state index is -2.97. The lowest BCUT2D eigenvalue weighted by atomic mass is 10.1. The second-order valence-corrected chi connectivity index (χ2v) is 24.6. The first-order valence-electron chi connectivity index (χ1n) is 47.4. The quantitative estimate of drug-likeness (QED) is 0.0893. The third-order valence-corrected chi connectivity index (χ3v) is 17.3. The number of carbonyl (C=O) groups excluding carboxylic acids is 1. The van der Waals surface area contributed by atoms with Gasteiger partial charge in [0.05, 0.1) is 32.7 Å². The van der Waals surface area contributed by atoms with Crippen molar-refractivity contribution in [1.29, 1.82) is 0 Å². The zero-order valence-electron chi connectivity index (χ0n) is 86.5. The Morgan fingerprint density at radius 3 is 0.821 bits per heavy atom. The predicted octanol–water partition coefficient (Wildman–Crippen LogP) is 25.7. The number of piperazine rings is 2. The molecule has 17 nitrogen and oxygen atoms in total. The van der Waals surface area contributed by atoms with Crippen molar-refractivity contribution < 1.29 is 50.7 Å². The van der Waals surface area contributed by atoms with Crippen LogP contribution in [0.5, 0.6) is 0 Å². The van der Waals surface area contributed by atoms with Gasteiger partial charge in [-0.15, -0.1) is 0 Å². The van der Waals surface area contributed by atoms with E-state index in [9.17, 15) is 31.2 Å². The van der Waals surface area contributed by atoms with Crippen LogP contribution in [0.15, 0.2) is 84.4 Å². The van der Waals surface area contributed by atoms with Gasteiger partial charge in [0.2, 0.25) is 20.0 Å². The second-order valence-electron chi connectivity index (χ2n) is 20.7. The van der Waals surface area contributed by atoms with E-state index in [1.165, 1.54) is 127 Å². The number of sulfonamides is 2. The van der Waals surface area contributed by atoms with Gasteiger partial charge in [-0.25, -0.2) is 21.4 Å². The van der Waals surface area contributed by atoms with Crippen LogP contribution < -0.4 is 10.6 Å². The smallest absolute Gasteiger partial charge is 0.305 e. The summed E-state index contributed by atoms with van der Waals surface area (Å²) in [6.45, 7) is 97.3. The van der Waals surface area contributed by atoms with Gasteiger partial charge < -0.3 is 35.4 Å². The van der Waals surface area contributed by atoms with Crippen LogP contribution in [0.25, 0.3) is 0 Å². The highest BCUT2D eigenvalue weighted by atomic mass is 32.2. The fraction of sp³-hybridized carbons (Fsp3) is 0.755. The molecule has 10 rings (SSSR count). The molecule has 0 saturated carbocycles. The van der Waals surface area contributed by atoms with Gasteiger partial charge in [-0.05, 0) is 124 Å². The molecule has 0 unspecified atom stereocenters. The summed E-state index contributed by atoms with van der Waals surface area (Å²) in [6, 6.07) is 26.2. The van der Waals surface area contributed by atoms with Crippen molar-refractivity contribution in [3.63, 3.8) is 0 Å². The number of nitrogens with zero attached hydrogens (tertiary/aromatic N) is 5. The van der Waals surface area contributed by atoms with Gasteiger partial charge >= 0.3 is 17.9 Å². The Bertz CT molecular complexity index is 2350. The molecule has 4 heterocycles. The summed E-state index contributed by atoms with van der Waals surface area (Å²) in [4.78, 5) is 33.4. The van der Waals surface area contributed by atoms with E-state index in [0.717, 1.165) is 52.1 Å². The Kier molecular flexibility index (Phi) is 179. The molecular formula is C98H210N7O10S2+. The number of aliphatic carboxylic acids is 2. The third-order valence-electron chi connectivity index (χ3n) is 14.7. The standard InChI is InChI=1S/3C9H10.C8H15NO2S.C7H16N2O2S.C6H14N2.C6H13N2.C4H8O2.2C3H6O2.17C2H6/c3*1-2-5-9-7-3-6-8(9)4-1;2*1-3-8-4-6-9(7-5-8)12(2,10)11;2*1-2-8-5-3-7-4-6-8;1-3-4(5)6-2;2*1-2-3(4)5;17*1-2/h3*1-2,4-5H,3,6-7H2;4H,3,5-7H2,1-2H3;3-7H2,1-2H3;7H,2-6H2,1H3;5,7H,2-4,6H2,1H3;3H2,1-2H3;2*2H2,1H3,(H,4,5);17*1-2H3/q;;;;;;+1;;;;;;;;;;;;;;;;;;;;. The molecular weight excluding hydrogens is 1500 g/mol. The van der Waals surface area contributed by atoms with Crippen LogP contribution in [0.3, 0.4) is 0 Å². The number of esters is 1. The first-order chi connectivity index (χ1) is 56.7. The van der Waals surface area contributed by atoms with E-state index >= 15 is 0 Å². The van der Waals surface area contributed by atoms with Gasteiger partial charge in [0.25, 0.3) is 0 Å². The van der Waals surface area contributed by atoms with Gasteiger partial charge in [0.1, 0.15) is 6.54 Å². The minimum absolute atomic E-state index is 0.157. The fourth-order valence-electron chi connectivity index (χ4n) is 9.30. The van der Waals surface area contributed by atoms with Gasteiger partial charge in [0.15, 0.2) is 12.8 Å². The highest BCUT2D eigenvalue weighted by Gasteiger charge is 2.22. The summed E-state index contributed by atoms with van der Waals surface area (Å²) in [5, 5.41) is 22.0. The minimum Gasteiger partial charge on any atom is -0.481 e.